The fraction of sp³-hybridized carbons (Fsp3) is 0.500. The Kier molecular flexibility index (Phi) is 7.99. The molecule has 0 saturated carbocycles. The maximum Gasteiger partial charge on any atom is 0.417 e. The fourth-order valence-corrected chi connectivity index (χ4v) is 4.54. The van der Waals surface area contributed by atoms with Crippen molar-refractivity contribution in [3.05, 3.63) is 59.2 Å². The SMILES string of the molecule is CCOC(=O)C(CC(C)C)c1cc(-c2ccccc2)cc(C2CCCCN2)c1C(F)(F)F. The first-order chi connectivity index (χ1) is 15.2. The Morgan fingerprint density at radius 2 is 1.84 bits per heavy atom. The molecular formula is C26H32F3NO2. The zero-order chi connectivity index (χ0) is 23.3. The van der Waals surface area contributed by atoms with E-state index in [2.05, 4.69) is 5.32 Å². The highest BCUT2D eigenvalue weighted by Gasteiger charge is 2.42. The third-order valence-corrected chi connectivity index (χ3v) is 5.93. The number of carbonyl (C=O) groups excluding carboxylic acids is 1. The molecule has 1 heterocycles. The minimum absolute atomic E-state index is 0.0216. The molecule has 1 aliphatic heterocycles. The number of rotatable bonds is 7. The van der Waals surface area contributed by atoms with Gasteiger partial charge in [0.1, 0.15) is 0 Å². The van der Waals surface area contributed by atoms with Crippen LogP contribution in [0.5, 0.6) is 0 Å². The van der Waals surface area contributed by atoms with Crippen LogP contribution in [-0.4, -0.2) is 19.1 Å². The van der Waals surface area contributed by atoms with Gasteiger partial charge < -0.3 is 10.1 Å². The van der Waals surface area contributed by atoms with E-state index in [0.717, 1.165) is 18.4 Å². The zero-order valence-corrected chi connectivity index (χ0v) is 19.0. The van der Waals surface area contributed by atoms with E-state index >= 15 is 0 Å². The largest absolute Gasteiger partial charge is 0.466 e. The van der Waals surface area contributed by atoms with Gasteiger partial charge in [0.05, 0.1) is 18.1 Å². The van der Waals surface area contributed by atoms with Crippen molar-refractivity contribution >= 4 is 5.97 Å². The van der Waals surface area contributed by atoms with Crippen molar-refractivity contribution in [2.45, 2.75) is 64.6 Å². The first-order valence-corrected chi connectivity index (χ1v) is 11.4. The second kappa shape index (κ2) is 10.5. The maximum absolute atomic E-state index is 14.6. The summed E-state index contributed by atoms with van der Waals surface area (Å²) >= 11 is 0. The molecular weight excluding hydrogens is 415 g/mol. The molecule has 0 aliphatic carbocycles. The molecule has 3 nitrogen and oxygen atoms in total. The van der Waals surface area contributed by atoms with Crippen LogP contribution in [0.15, 0.2) is 42.5 Å². The summed E-state index contributed by atoms with van der Waals surface area (Å²) in [5, 5.41) is 3.27. The molecule has 2 atom stereocenters. The highest BCUT2D eigenvalue weighted by Crippen LogP contribution is 2.45. The zero-order valence-electron chi connectivity index (χ0n) is 19.0. The van der Waals surface area contributed by atoms with Crippen LogP contribution >= 0.6 is 0 Å². The summed E-state index contributed by atoms with van der Waals surface area (Å²) < 4.78 is 48.9. The van der Waals surface area contributed by atoms with Crippen LogP contribution in [0, 0.1) is 5.92 Å². The topological polar surface area (TPSA) is 38.3 Å². The lowest BCUT2D eigenvalue weighted by Gasteiger charge is -2.30. The van der Waals surface area contributed by atoms with Gasteiger partial charge in [-0.15, -0.1) is 0 Å². The van der Waals surface area contributed by atoms with Crippen LogP contribution in [0.1, 0.15) is 75.1 Å². The summed E-state index contributed by atoms with van der Waals surface area (Å²) in [6.07, 6.45) is -1.84. The molecule has 0 aromatic heterocycles. The lowest BCUT2D eigenvalue weighted by atomic mass is 9.80. The van der Waals surface area contributed by atoms with E-state index in [1.54, 1.807) is 19.1 Å². The van der Waals surface area contributed by atoms with Crippen LogP contribution < -0.4 is 5.32 Å². The monoisotopic (exact) mass is 447 g/mol. The van der Waals surface area contributed by atoms with Gasteiger partial charge in [0.2, 0.25) is 0 Å². The molecule has 0 amide bonds. The fourth-order valence-electron chi connectivity index (χ4n) is 4.54. The van der Waals surface area contributed by atoms with Gasteiger partial charge in [-0.2, -0.15) is 13.2 Å². The van der Waals surface area contributed by atoms with Crippen molar-refractivity contribution in [3.63, 3.8) is 0 Å². The number of hydrogen-bond acceptors (Lipinski definition) is 3. The molecule has 2 aromatic carbocycles. The molecule has 32 heavy (non-hydrogen) atoms. The summed E-state index contributed by atoms with van der Waals surface area (Å²) in [5.74, 6) is -1.54. The van der Waals surface area contributed by atoms with Crippen LogP contribution in [-0.2, 0) is 15.7 Å². The van der Waals surface area contributed by atoms with Gasteiger partial charge in [-0.25, -0.2) is 0 Å². The van der Waals surface area contributed by atoms with E-state index in [4.69, 9.17) is 4.74 Å². The van der Waals surface area contributed by atoms with Crippen molar-refractivity contribution in [3.8, 4) is 11.1 Å². The smallest absolute Gasteiger partial charge is 0.417 e. The average Bonchev–Trinajstić information content (AvgIpc) is 2.77. The molecule has 2 unspecified atom stereocenters. The summed E-state index contributed by atoms with van der Waals surface area (Å²) in [4.78, 5) is 12.9. The van der Waals surface area contributed by atoms with Gasteiger partial charge in [0, 0.05) is 6.04 Å². The Morgan fingerprint density at radius 1 is 1.12 bits per heavy atom. The Labute approximate surface area is 188 Å². The lowest BCUT2D eigenvalue weighted by molar-refractivity contribution is -0.146. The number of piperidine rings is 1. The predicted octanol–water partition coefficient (Wildman–Crippen LogP) is 6.88. The van der Waals surface area contributed by atoms with E-state index in [0.29, 0.717) is 18.5 Å². The second-order valence-corrected chi connectivity index (χ2v) is 8.83. The van der Waals surface area contributed by atoms with Crippen LogP contribution in [0.25, 0.3) is 11.1 Å². The van der Waals surface area contributed by atoms with Crippen molar-refractivity contribution < 1.29 is 22.7 Å². The summed E-state index contributed by atoms with van der Waals surface area (Å²) in [5.41, 5.74) is 1.08. The lowest BCUT2D eigenvalue weighted by Crippen LogP contribution is -2.30. The van der Waals surface area contributed by atoms with Gasteiger partial charge in [0.15, 0.2) is 0 Å². The first-order valence-electron chi connectivity index (χ1n) is 11.4. The van der Waals surface area contributed by atoms with Crippen molar-refractivity contribution in [2.75, 3.05) is 13.2 Å². The van der Waals surface area contributed by atoms with Crippen LogP contribution in [0.3, 0.4) is 0 Å². The molecule has 174 valence electrons. The number of halogens is 3. The minimum atomic E-state index is -4.58. The van der Waals surface area contributed by atoms with E-state index in [1.807, 2.05) is 44.2 Å². The first kappa shape index (κ1) is 24.3. The molecule has 1 N–H and O–H groups in total. The third kappa shape index (κ3) is 5.71. The highest BCUT2D eigenvalue weighted by molar-refractivity contribution is 5.80. The number of carbonyl (C=O) groups is 1. The van der Waals surface area contributed by atoms with Crippen molar-refractivity contribution in [2.24, 2.45) is 5.92 Å². The standard InChI is InChI=1S/C26H32F3NO2/c1-4-32-25(31)21(14-17(2)3)20-15-19(18-10-6-5-7-11-18)16-22(24(20)26(27,28)29)23-12-8-9-13-30-23/h5-7,10-11,15-17,21,23,30H,4,8-9,12-14H2,1-3H3. The van der Waals surface area contributed by atoms with Crippen molar-refractivity contribution in [1.82, 2.24) is 5.32 Å². The molecule has 0 spiro atoms. The Hall–Kier alpha value is -2.34. The predicted molar refractivity (Wildman–Crippen MR) is 120 cm³/mol. The van der Waals surface area contributed by atoms with Crippen LogP contribution in [0.4, 0.5) is 13.2 Å². The van der Waals surface area contributed by atoms with Gasteiger partial charge in [0.25, 0.3) is 0 Å². The van der Waals surface area contributed by atoms with Gasteiger partial charge in [-0.3, -0.25) is 4.79 Å². The molecule has 1 fully saturated rings. The molecule has 6 heteroatoms. The van der Waals surface area contributed by atoms with E-state index < -0.39 is 29.7 Å². The Morgan fingerprint density at radius 3 is 2.41 bits per heavy atom. The molecule has 1 aliphatic rings. The summed E-state index contributed by atoms with van der Waals surface area (Å²) in [6, 6.07) is 12.2. The van der Waals surface area contributed by atoms with Crippen molar-refractivity contribution in [1.29, 1.82) is 0 Å². The Bertz CT molecular complexity index is 903. The molecule has 3 rings (SSSR count). The quantitative estimate of drug-likeness (QED) is 0.470. The molecule has 1 saturated heterocycles. The Balaban J connectivity index is 2.29. The highest BCUT2D eigenvalue weighted by atomic mass is 19.4. The van der Waals surface area contributed by atoms with E-state index in [1.165, 1.54) is 0 Å². The average molecular weight is 448 g/mol. The van der Waals surface area contributed by atoms with Gasteiger partial charge in [-0.1, -0.05) is 50.6 Å². The van der Waals surface area contributed by atoms with Gasteiger partial charge >= 0.3 is 12.1 Å². The molecule has 0 bridgehead atoms. The normalized spacial score (nSPS) is 17.9. The second-order valence-electron chi connectivity index (χ2n) is 8.83. The number of nitrogens with one attached hydrogen (secondary N) is 1. The van der Waals surface area contributed by atoms with Gasteiger partial charge in [-0.05, 0) is 73.0 Å². The minimum Gasteiger partial charge on any atom is -0.466 e. The number of benzene rings is 2. The molecule has 0 radical (unpaired) electrons. The van der Waals surface area contributed by atoms with Crippen LogP contribution in [0.2, 0.25) is 0 Å². The number of hydrogen-bond donors (Lipinski definition) is 1. The maximum atomic E-state index is 14.6. The number of alkyl halides is 3. The summed E-state index contributed by atoms with van der Waals surface area (Å²) in [6.45, 7) is 6.30. The van der Waals surface area contributed by atoms with E-state index in [-0.39, 0.29) is 30.1 Å². The summed E-state index contributed by atoms with van der Waals surface area (Å²) in [7, 11) is 0. The number of esters is 1. The van der Waals surface area contributed by atoms with E-state index in [9.17, 15) is 18.0 Å². The third-order valence-electron chi connectivity index (χ3n) is 5.93. The molecule has 2 aromatic rings. The number of ether oxygens (including phenoxy) is 1.